The minimum absolute atomic E-state index is 0.111. The molecule has 7 nitrogen and oxygen atoms in total. The number of amides is 1. The van der Waals surface area contributed by atoms with E-state index in [0.29, 0.717) is 28.3 Å². The Kier molecular flexibility index (Phi) is 7.36. The molecular weight excluding hydrogens is 460 g/mol. The van der Waals surface area contributed by atoms with Crippen LogP contribution in [-0.4, -0.2) is 26.4 Å². The summed E-state index contributed by atoms with van der Waals surface area (Å²) in [7, 11) is 0. The van der Waals surface area contributed by atoms with Crippen molar-refractivity contribution in [1.82, 2.24) is 14.8 Å². The van der Waals surface area contributed by atoms with Crippen molar-refractivity contribution in [3.8, 4) is 5.75 Å². The van der Waals surface area contributed by atoms with E-state index >= 15 is 0 Å². The standard InChI is InChI=1S/C24H23ClN4O3S/c1-16-5-3-7-21(17(16)2)26-23(30)15-33-24-28-27-22(29(24)13-20-6-4-12-31-20)14-32-19-10-8-18(25)9-11-19/h3-12H,13-15H2,1-2H3,(H,26,30). The number of hydrogen-bond acceptors (Lipinski definition) is 6. The zero-order valence-electron chi connectivity index (χ0n) is 18.2. The Bertz CT molecular complexity index is 1220. The molecule has 0 saturated carbocycles. The normalized spacial score (nSPS) is 10.9. The van der Waals surface area contributed by atoms with E-state index in [4.69, 9.17) is 20.8 Å². The fourth-order valence-electron chi connectivity index (χ4n) is 3.13. The average Bonchev–Trinajstić information content (AvgIpc) is 3.46. The van der Waals surface area contributed by atoms with Crippen LogP contribution >= 0.6 is 23.4 Å². The van der Waals surface area contributed by atoms with Gasteiger partial charge in [-0.25, -0.2) is 0 Å². The summed E-state index contributed by atoms with van der Waals surface area (Å²) >= 11 is 7.25. The second-order valence-electron chi connectivity index (χ2n) is 7.39. The molecule has 33 heavy (non-hydrogen) atoms. The summed E-state index contributed by atoms with van der Waals surface area (Å²) in [5.41, 5.74) is 3.00. The highest BCUT2D eigenvalue weighted by Gasteiger charge is 2.17. The number of carbonyl (C=O) groups excluding carboxylic acids is 1. The summed E-state index contributed by atoms with van der Waals surface area (Å²) < 4.78 is 13.2. The highest BCUT2D eigenvalue weighted by Crippen LogP contribution is 2.23. The van der Waals surface area contributed by atoms with Gasteiger partial charge in [-0.05, 0) is 67.4 Å². The van der Waals surface area contributed by atoms with Crippen LogP contribution in [0.25, 0.3) is 0 Å². The van der Waals surface area contributed by atoms with Gasteiger partial charge in [0.25, 0.3) is 0 Å². The number of benzene rings is 2. The lowest BCUT2D eigenvalue weighted by Gasteiger charge is -2.11. The number of aryl methyl sites for hydroxylation is 1. The first-order chi connectivity index (χ1) is 16.0. The van der Waals surface area contributed by atoms with Gasteiger partial charge in [0.15, 0.2) is 11.0 Å². The van der Waals surface area contributed by atoms with Crippen LogP contribution in [0, 0.1) is 13.8 Å². The van der Waals surface area contributed by atoms with Crippen LogP contribution in [0.3, 0.4) is 0 Å². The Morgan fingerprint density at radius 3 is 2.70 bits per heavy atom. The van der Waals surface area contributed by atoms with E-state index < -0.39 is 0 Å². The van der Waals surface area contributed by atoms with E-state index in [9.17, 15) is 4.79 Å². The zero-order valence-corrected chi connectivity index (χ0v) is 19.8. The van der Waals surface area contributed by atoms with Crippen molar-refractivity contribution in [3.63, 3.8) is 0 Å². The van der Waals surface area contributed by atoms with Crippen molar-refractivity contribution in [3.05, 3.63) is 88.6 Å². The molecular formula is C24H23ClN4O3S. The predicted octanol–water partition coefficient (Wildman–Crippen LogP) is 5.50. The molecule has 9 heteroatoms. The van der Waals surface area contributed by atoms with Crippen molar-refractivity contribution in [1.29, 1.82) is 0 Å². The van der Waals surface area contributed by atoms with E-state index in [1.54, 1.807) is 30.5 Å². The fourth-order valence-corrected chi connectivity index (χ4v) is 4.01. The van der Waals surface area contributed by atoms with Gasteiger partial charge in [-0.3, -0.25) is 9.36 Å². The number of anilines is 1. The molecule has 4 aromatic rings. The van der Waals surface area contributed by atoms with Crippen LogP contribution in [0.15, 0.2) is 70.4 Å². The summed E-state index contributed by atoms with van der Waals surface area (Å²) in [5, 5.41) is 12.8. The Labute approximate surface area is 201 Å². The van der Waals surface area contributed by atoms with Gasteiger partial charge in [0.05, 0.1) is 18.6 Å². The third-order valence-corrected chi connectivity index (χ3v) is 6.30. The van der Waals surface area contributed by atoms with E-state index in [1.165, 1.54) is 11.8 Å². The summed E-state index contributed by atoms with van der Waals surface area (Å²) in [4.78, 5) is 12.6. The molecule has 0 aliphatic carbocycles. The van der Waals surface area contributed by atoms with Gasteiger partial charge in [-0.1, -0.05) is 35.5 Å². The summed E-state index contributed by atoms with van der Waals surface area (Å²) in [6.45, 7) is 4.65. The molecule has 0 aliphatic heterocycles. The van der Waals surface area contributed by atoms with Crippen LogP contribution in [-0.2, 0) is 17.9 Å². The number of carbonyl (C=O) groups is 1. The molecule has 0 atom stereocenters. The molecule has 0 spiro atoms. The number of furan rings is 1. The molecule has 1 amide bonds. The number of thioether (sulfide) groups is 1. The molecule has 0 aliphatic rings. The molecule has 2 heterocycles. The Hall–Kier alpha value is -3.23. The lowest BCUT2D eigenvalue weighted by atomic mass is 10.1. The highest BCUT2D eigenvalue weighted by molar-refractivity contribution is 7.99. The SMILES string of the molecule is Cc1cccc(NC(=O)CSc2nnc(COc3ccc(Cl)cc3)n2Cc2ccco2)c1C. The quantitative estimate of drug-likeness (QED) is 0.317. The van der Waals surface area contributed by atoms with Gasteiger partial charge in [-0.15, -0.1) is 10.2 Å². The molecule has 0 bridgehead atoms. The fraction of sp³-hybridized carbons (Fsp3) is 0.208. The zero-order chi connectivity index (χ0) is 23.2. The van der Waals surface area contributed by atoms with E-state index in [0.717, 1.165) is 22.6 Å². The lowest BCUT2D eigenvalue weighted by Crippen LogP contribution is -2.16. The Morgan fingerprint density at radius 2 is 1.94 bits per heavy atom. The Morgan fingerprint density at radius 1 is 1.12 bits per heavy atom. The first-order valence-electron chi connectivity index (χ1n) is 10.3. The monoisotopic (exact) mass is 482 g/mol. The maximum atomic E-state index is 12.6. The van der Waals surface area contributed by atoms with Gasteiger partial charge >= 0.3 is 0 Å². The molecule has 1 N–H and O–H groups in total. The minimum atomic E-state index is -0.111. The molecule has 0 unspecified atom stereocenters. The smallest absolute Gasteiger partial charge is 0.234 e. The minimum Gasteiger partial charge on any atom is -0.486 e. The first-order valence-corrected chi connectivity index (χ1v) is 11.7. The number of halogens is 1. The van der Waals surface area contributed by atoms with Gasteiger partial charge < -0.3 is 14.5 Å². The lowest BCUT2D eigenvalue weighted by molar-refractivity contribution is -0.113. The number of nitrogens with one attached hydrogen (secondary N) is 1. The average molecular weight is 483 g/mol. The number of rotatable bonds is 9. The van der Waals surface area contributed by atoms with E-state index in [1.807, 2.05) is 48.7 Å². The molecule has 0 radical (unpaired) electrons. The summed E-state index contributed by atoms with van der Waals surface area (Å²) in [5.74, 6) is 2.14. The van der Waals surface area contributed by atoms with Gasteiger partial charge in [0, 0.05) is 10.7 Å². The number of nitrogens with zero attached hydrogens (tertiary/aromatic N) is 3. The van der Waals surface area contributed by atoms with Crippen molar-refractivity contribution >= 4 is 35.0 Å². The van der Waals surface area contributed by atoms with Crippen LogP contribution in [0.5, 0.6) is 5.75 Å². The summed E-state index contributed by atoms with van der Waals surface area (Å²) in [6, 6.07) is 16.7. The maximum Gasteiger partial charge on any atom is 0.234 e. The molecule has 2 aromatic heterocycles. The van der Waals surface area contributed by atoms with Crippen molar-refractivity contribution in [2.24, 2.45) is 0 Å². The largest absolute Gasteiger partial charge is 0.486 e. The number of aromatic nitrogens is 3. The van der Waals surface area contributed by atoms with Gasteiger partial charge in [0.1, 0.15) is 18.1 Å². The third-order valence-electron chi connectivity index (χ3n) is 5.08. The molecule has 2 aromatic carbocycles. The van der Waals surface area contributed by atoms with Crippen LogP contribution in [0.2, 0.25) is 5.02 Å². The molecule has 170 valence electrons. The first kappa shape index (κ1) is 22.9. The Balaban J connectivity index is 1.45. The van der Waals surface area contributed by atoms with Gasteiger partial charge in [0.2, 0.25) is 5.91 Å². The predicted molar refractivity (Wildman–Crippen MR) is 129 cm³/mol. The van der Waals surface area contributed by atoms with Crippen LogP contribution < -0.4 is 10.1 Å². The van der Waals surface area contributed by atoms with Gasteiger partial charge in [-0.2, -0.15) is 0 Å². The van der Waals surface area contributed by atoms with Crippen molar-refractivity contribution in [2.45, 2.75) is 32.2 Å². The molecule has 0 fully saturated rings. The summed E-state index contributed by atoms with van der Waals surface area (Å²) in [6.07, 6.45) is 1.62. The second-order valence-corrected chi connectivity index (χ2v) is 8.77. The van der Waals surface area contributed by atoms with Crippen molar-refractivity contribution in [2.75, 3.05) is 11.1 Å². The molecule has 0 saturated heterocycles. The third kappa shape index (κ3) is 5.97. The van der Waals surface area contributed by atoms with Crippen LogP contribution in [0.4, 0.5) is 5.69 Å². The molecule has 4 rings (SSSR count). The number of ether oxygens (including phenoxy) is 1. The highest BCUT2D eigenvalue weighted by atomic mass is 35.5. The maximum absolute atomic E-state index is 12.6. The van der Waals surface area contributed by atoms with E-state index in [-0.39, 0.29) is 18.3 Å². The second kappa shape index (κ2) is 10.6. The topological polar surface area (TPSA) is 82.2 Å². The number of hydrogen-bond donors (Lipinski definition) is 1. The van der Waals surface area contributed by atoms with Crippen LogP contribution in [0.1, 0.15) is 22.7 Å². The van der Waals surface area contributed by atoms with E-state index in [2.05, 4.69) is 15.5 Å². The van der Waals surface area contributed by atoms with Crippen molar-refractivity contribution < 1.29 is 13.9 Å².